The zero-order valence-corrected chi connectivity index (χ0v) is 17.4. The van der Waals surface area contributed by atoms with Gasteiger partial charge in [0.05, 0.1) is 19.3 Å². The number of guanidine groups is 1. The maximum absolute atomic E-state index is 5.95. The van der Waals surface area contributed by atoms with Crippen LogP contribution in [0.1, 0.15) is 18.9 Å². The molecule has 0 spiro atoms. The number of hydrogen-bond donors (Lipinski definition) is 2. The van der Waals surface area contributed by atoms with E-state index in [0.29, 0.717) is 12.5 Å². The van der Waals surface area contributed by atoms with Crippen LogP contribution in [-0.4, -0.2) is 39.2 Å². The fraction of sp³-hybridized carbons (Fsp3) is 0.409. The van der Waals surface area contributed by atoms with E-state index in [0.717, 1.165) is 54.9 Å². The lowest BCUT2D eigenvalue weighted by molar-refractivity contribution is 0.414. The Morgan fingerprint density at radius 3 is 2.71 bits per heavy atom. The highest BCUT2D eigenvalue weighted by atomic mass is 35.5. The van der Waals surface area contributed by atoms with Gasteiger partial charge in [-0.3, -0.25) is 0 Å². The highest BCUT2D eigenvalue weighted by molar-refractivity contribution is 6.30. The highest BCUT2D eigenvalue weighted by Gasteiger charge is 2.24. The Kier molecular flexibility index (Phi) is 7.43. The minimum Gasteiger partial charge on any atom is -0.495 e. The van der Waals surface area contributed by atoms with Crippen LogP contribution in [0.2, 0.25) is 5.02 Å². The van der Waals surface area contributed by atoms with Gasteiger partial charge in [0, 0.05) is 31.2 Å². The maximum Gasteiger partial charge on any atom is 0.191 e. The van der Waals surface area contributed by atoms with Crippen molar-refractivity contribution in [1.82, 2.24) is 10.6 Å². The van der Waals surface area contributed by atoms with Crippen molar-refractivity contribution in [1.29, 1.82) is 0 Å². The summed E-state index contributed by atoms with van der Waals surface area (Å²) in [6.07, 6.45) is 1.15. The number of aliphatic imine (C=N–C) groups is 1. The van der Waals surface area contributed by atoms with E-state index in [9.17, 15) is 0 Å². The molecule has 3 rings (SSSR count). The van der Waals surface area contributed by atoms with Crippen LogP contribution in [0.5, 0.6) is 5.75 Å². The summed E-state index contributed by atoms with van der Waals surface area (Å²) in [6.45, 7) is 6.51. The number of hydrogen-bond acceptors (Lipinski definition) is 3. The van der Waals surface area contributed by atoms with Crippen molar-refractivity contribution in [2.75, 3.05) is 38.2 Å². The molecule has 0 aromatic heterocycles. The molecule has 5 nitrogen and oxygen atoms in total. The van der Waals surface area contributed by atoms with E-state index >= 15 is 0 Å². The maximum atomic E-state index is 5.95. The molecule has 1 aliphatic rings. The predicted octanol–water partition coefficient (Wildman–Crippen LogP) is 3.93. The van der Waals surface area contributed by atoms with E-state index in [4.69, 9.17) is 21.3 Å². The summed E-state index contributed by atoms with van der Waals surface area (Å²) in [7, 11) is 1.73. The van der Waals surface area contributed by atoms with Crippen LogP contribution >= 0.6 is 11.6 Å². The van der Waals surface area contributed by atoms with Crippen molar-refractivity contribution in [3.63, 3.8) is 0 Å². The summed E-state index contributed by atoms with van der Waals surface area (Å²) in [5, 5.41) is 7.58. The molecule has 0 amide bonds. The zero-order chi connectivity index (χ0) is 19.8. The van der Waals surface area contributed by atoms with E-state index in [1.807, 2.05) is 36.4 Å². The predicted molar refractivity (Wildman–Crippen MR) is 118 cm³/mol. The fourth-order valence-electron chi connectivity index (χ4n) is 3.45. The Hall–Kier alpha value is -2.40. The highest BCUT2D eigenvalue weighted by Crippen LogP contribution is 2.31. The molecule has 1 atom stereocenters. The van der Waals surface area contributed by atoms with Crippen molar-refractivity contribution < 1.29 is 4.74 Å². The van der Waals surface area contributed by atoms with Crippen molar-refractivity contribution in [2.24, 2.45) is 10.9 Å². The summed E-state index contributed by atoms with van der Waals surface area (Å²) >= 11 is 5.95. The smallest absolute Gasteiger partial charge is 0.191 e. The molecule has 0 aliphatic carbocycles. The number of para-hydroxylation sites is 2. The Bertz CT molecular complexity index is 778. The molecule has 1 unspecified atom stereocenters. The van der Waals surface area contributed by atoms with Gasteiger partial charge in [0.25, 0.3) is 0 Å². The van der Waals surface area contributed by atoms with Gasteiger partial charge in [-0.15, -0.1) is 0 Å². The second-order valence-electron chi connectivity index (χ2n) is 6.98. The monoisotopic (exact) mass is 400 g/mol. The normalized spacial score (nSPS) is 16.9. The Morgan fingerprint density at radius 2 is 1.96 bits per heavy atom. The summed E-state index contributed by atoms with van der Waals surface area (Å²) in [5.74, 6) is 2.37. The van der Waals surface area contributed by atoms with E-state index in [1.165, 1.54) is 5.69 Å². The minimum atomic E-state index is 0.573. The van der Waals surface area contributed by atoms with Gasteiger partial charge >= 0.3 is 0 Å². The van der Waals surface area contributed by atoms with Gasteiger partial charge in [-0.2, -0.15) is 0 Å². The number of benzene rings is 2. The zero-order valence-electron chi connectivity index (χ0n) is 16.6. The molecule has 2 N–H and O–H groups in total. The first-order chi connectivity index (χ1) is 13.7. The van der Waals surface area contributed by atoms with Crippen LogP contribution < -0.4 is 20.3 Å². The second-order valence-corrected chi connectivity index (χ2v) is 7.41. The molecule has 28 heavy (non-hydrogen) atoms. The van der Waals surface area contributed by atoms with Gasteiger partial charge in [0.2, 0.25) is 0 Å². The van der Waals surface area contributed by atoms with Gasteiger partial charge < -0.3 is 20.3 Å². The van der Waals surface area contributed by atoms with E-state index in [1.54, 1.807) is 7.11 Å². The van der Waals surface area contributed by atoms with Crippen LogP contribution in [0.3, 0.4) is 0 Å². The Morgan fingerprint density at radius 1 is 1.18 bits per heavy atom. The Labute approximate surface area is 172 Å². The number of halogens is 1. The molecular weight excluding hydrogens is 372 g/mol. The minimum absolute atomic E-state index is 0.573. The number of rotatable bonds is 7. The quantitative estimate of drug-likeness (QED) is 0.546. The first-order valence-electron chi connectivity index (χ1n) is 9.84. The molecule has 1 aliphatic heterocycles. The van der Waals surface area contributed by atoms with E-state index in [2.05, 4.69) is 34.6 Å². The molecule has 2 aromatic carbocycles. The van der Waals surface area contributed by atoms with Crippen LogP contribution in [0.25, 0.3) is 0 Å². The third-order valence-electron chi connectivity index (χ3n) is 4.95. The van der Waals surface area contributed by atoms with Gasteiger partial charge in [-0.1, -0.05) is 35.9 Å². The van der Waals surface area contributed by atoms with Crippen molar-refractivity contribution in [3.8, 4) is 5.75 Å². The molecule has 0 saturated carbocycles. The lowest BCUT2D eigenvalue weighted by atomic mass is 10.1. The van der Waals surface area contributed by atoms with Gasteiger partial charge in [0.1, 0.15) is 5.75 Å². The van der Waals surface area contributed by atoms with E-state index in [-0.39, 0.29) is 0 Å². The molecule has 150 valence electrons. The van der Waals surface area contributed by atoms with Gasteiger partial charge in [-0.05, 0) is 49.1 Å². The third-order valence-corrected chi connectivity index (χ3v) is 5.20. The van der Waals surface area contributed by atoms with Crippen LogP contribution in [0.15, 0.2) is 53.5 Å². The summed E-state index contributed by atoms with van der Waals surface area (Å²) < 4.78 is 5.51. The molecule has 0 radical (unpaired) electrons. The van der Waals surface area contributed by atoms with Crippen molar-refractivity contribution in [2.45, 2.75) is 19.9 Å². The van der Waals surface area contributed by atoms with Crippen molar-refractivity contribution >= 4 is 23.2 Å². The molecule has 0 bridgehead atoms. The molecular formula is C22H29ClN4O. The number of nitrogens with zero attached hydrogens (tertiary/aromatic N) is 2. The van der Waals surface area contributed by atoms with E-state index < -0.39 is 0 Å². The topological polar surface area (TPSA) is 48.9 Å². The third kappa shape index (κ3) is 5.55. The molecule has 2 aromatic rings. The van der Waals surface area contributed by atoms with Crippen LogP contribution in [-0.2, 0) is 6.54 Å². The van der Waals surface area contributed by atoms with Crippen molar-refractivity contribution in [3.05, 3.63) is 59.1 Å². The van der Waals surface area contributed by atoms with Gasteiger partial charge in [-0.25, -0.2) is 4.99 Å². The lowest BCUT2D eigenvalue weighted by Gasteiger charge is -2.21. The standard InChI is InChI=1S/C22H29ClN4O/c1-3-24-22(25-14-17-8-10-19(23)11-9-17)26-15-18-12-13-27(16-18)20-6-4-5-7-21(20)28-2/h4-11,18H,3,12-16H2,1-2H3,(H2,24,25,26). The SMILES string of the molecule is CCNC(=NCc1ccc(Cl)cc1)NCC1CCN(c2ccccc2OC)C1. The second kappa shape index (κ2) is 10.2. The lowest BCUT2D eigenvalue weighted by Crippen LogP contribution is -2.40. The summed E-state index contributed by atoms with van der Waals surface area (Å²) in [6, 6.07) is 16.1. The average molecular weight is 401 g/mol. The average Bonchev–Trinajstić information content (AvgIpc) is 3.20. The Balaban J connectivity index is 1.54. The largest absolute Gasteiger partial charge is 0.495 e. The summed E-state index contributed by atoms with van der Waals surface area (Å²) in [5.41, 5.74) is 2.32. The van der Waals surface area contributed by atoms with Gasteiger partial charge in [0.15, 0.2) is 5.96 Å². The molecule has 1 heterocycles. The molecule has 6 heteroatoms. The number of ether oxygens (including phenoxy) is 1. The fourth-order valence-corrected chi connectivity index (χ4v) is 3.58. The first-order valence-corrected chi connectivity index (χ1v) is 10.2. The molecule has 1 fully saturated rings. The van der Waals surface area contributed by atoms with Crippen LogP contribution in [0, 0.1) is 5.92 Å². The molecule has 1 saturated heterocycles. The number of methoxy groups -OCH3 is 1. The number of anilines is 1. The number of nitrogens with one attached hydrogen (secondary N) is 2. The van der Waals surface area contributed by atoms with Crippen LogP contribution in [0.4, 0.5) is 5.69 Å². The first kappa shape index (κ1) is 20.3. The summed E-state index contributed by atoms with van der Waals surface area (Å²) in [4.78, 5) is 7.10.